The van der Waals surface area contributed by atoms with Crippen LogP contribution in [-0.4, -0.2) is 6.29 Å². The summed E-state index contributed by atoms with van der Waals surface area (Å²) < 4.78 is 0. The molecular formula is C7H10O. The molecule has 0 aromatic heterocycles. The Morgan fingerprint density at radius 1 is 1.75 bits per heavy atom. The summed E-state index contributed by atoms with van der Waals surface area (Å²) in [6, 6.07) is 0. The summed E-state index contributed by atoms with van der Waals surface area (Å²) in [4.78, 5) is 10.2. The van der Waals surface area contributed by atoms with Crippen molar-refractivity contribution >= 4 is 6.29 Å². The highest BCUT2D eigenvalue weighted by Crippen LogP contribution is 2.27. The van der Waals surface area contributed by atoms with Gasteiger partial charge in [-0.05, 0) is 19.3 Å². The normalized spacial score (nSPS) is 28.5. The number of allylic oxidation sites excluding steroid dienone is 1. The summed E-state index contributed by atoms with van der Waals surface area (Å²) in [7, 11) is 0. The Morgan fingerprint density at radius 3 is 2.75 bits per heavy atom. The first kappa shape index (κ1) is 5.54. The molecule has 0 radical (unpaired) electrons. The van der Waals surface area contributed by atoms with Crippen molar-refractivity contribution in [2.45, 2.75) is 19.3 Å². The molecule has 1 aliphatic carbocycles. The van der Waals surface area contributed by atoms with Crippen molar-refractivity contribution < 1.29 is 4.79 Å². The SMILES string of the molecule is C=C1CCC[C@@H]1C=O. The fraction of sp³-hybridized carbons (Fsp3) is 0.571. The molecule has 1 aliphatic rings. The Morgan fingerprint density at radius 2 is 2.50 bits per heavy atom. The van der Waals surface area contributed by atoms with Crippen LogP contribution in [0.1, 0.15) is 19.3 Å². The van der Waals surface area contributed by atoms with Gasteiger partial charge in [-0.3, -0.25) is 0 Å². The van der Waals surface area contributed by atoms with Gasteiger partial charge in [0.25, 0.3) is 0 Å². The van der Waals surface area contributed by atoms with Gasteiger partial charge in [0.15, 0.2) is 0 Å². The lowest BCUT2D eigenvalue weighted by Crippen LogP contribution is -1.94. The lowest BCUT2D eigenvalue weighted by Gasteiger charge is -1.96. The van der Waals surface area contributed by atoms with Gasteiger partial charge in [0.2, 0.25) is 0 Å². The number of rotatable bonds is 1. The molecule has 0 aromatic carbocycles. The van der Waals surface area contributed by atoms with Crippen molar-refractivity contribution in [3.63, 3.8) is 0 Å². The number of carbonyl (C=O) groups is 1. The van der Waals surface area contributed by atoms with Gasteiger partial charge in [0.05, 0.1) is 0 Å². The van der Waals surface area contributed by atoms with Crippen LogP contribution in [0.15, 0.2) is 12.2 Å². The highest BCUT2D eigenvalue weighted by molar-refractivity contribution is 5.59. The van der Waals surface area contributed by atoms with Crippen LogP contribution in [0.3, 0.4) is 0 Å². The maximum absolute atomic E-state index is 10.2. The molecule has 1 saturated carbocycles. The number of hydrogen-bond donors (Lipinski definition) is 0. The minimum Gasteiger partial charge on any atom is -0.303 e. The van der Waals surface area contributed by atoms with Crippen molar-refractivity contribution in [3.05, 3.63) is 12.2 Å². The van der Waals surface area contributed by atoms with Gasteiger partial charge in [-0.1, -0.05) is 12.2 Å². The average molecular weight is 110 g/mol. The molecule has 0 bridgehead atoms. The smallest absolute Gasteiger partial charge is 0.127 e. The van der Waals surface area contributed by atoms with Crippen LogP contribution in [-0.2, 0) is 4.79 Å². The van der Waals surface area contributed by atoms with E-state index in [1.54, 1.807) is 0 Å². The van der Waals surface area contributed by atoms with E-state index in [1.165, 1.54) is 0 Å². The van der Waals surface area contributed by atoms with E-state index in [1.807, 2.05) is 0 Å². The molecule has 0 unspecified atom stereocenters. The van der Waals surface area contributed by atoms with Crippen LogP contribution in [0.5, 0.6) is 0 Å². The summed E-state index contributed by atoms with van der Waals surface area (Å²) in [6.07, 6.45) is 4.25. The molecule has 0 aliphatic heterocycles. The molecule has 8 heavy (non-hydrogen) atoms. The molecule has 0 amide bonds. The van der Waals surface area contributed by atoms with Gasteiger partial charge in [-0.2, -0.15) is 0 Å². The minimum absolute atomic E-state index is 0.190. The Labute approximate surface area is 49.4 Å². The van der Waals surface area contributed by atoms with Gasteiger partial charge in [0, 0.05) is 5.92 Å². The Hall–Kier alpha value is -0.590. The van der Waals surface area contributed by atoms with Crippen LogP contribution in [0.4, 0.5) is 0 Å². The van der Waals surface area contributed by atoms with Gasteiger partial charge < -0.3 is 4.79 Å². The van der Waals surface area contributed by atoms with Crippen LogP contribution in [0.2, 0.25) is 0 Å². The molecule has 0 N–H and O–H groups in total. The Kier molecular flexibility index (Phi) is 1.47. The molecule has 0 aromatic rings. The number of aldehydes is 1. The molecular weight excluding hydrogens is 100 g/mol. The second kappa shape index (κ2) is 2.12. The maximum atomic E-state index is 10.2. The molecule has 1 fully saturated rings. The summed E-state index contributed by atoms with van der Waals surface area (Å²) in [6.45, 7) is 3.78. The second-order valence-electron chi connectivity index (χ2n) is 2.29. The fourth-order valence-corrected chi connectivity index (χ4v) is 1.10. The van der Waals surface area contributed by atoms with E-state index in [9.17, 15) is 4.79 Å². The first-order chi connectivity index (χ1) is 3.84. The highest BCUT2D eigenvalue weighted by Gasteiger charge is 2.16. The Bertz CT molecular complexity index is 116. The van der Waals surface area contributed by atoms with E-state index < -0.39 is 0 Å². The molecule has 1 nitrogen and oxygen atoms in total. The monoisotopic (exact) mass is 110 g/mol. The van der Waals surface area contributed by atoms with Crippen LogP contribution < -0.4 is 0 Å². The first-order valence-electron chi connectivity index (χ1n) is 2.97. The number of hydrogen-bond acceptors (Lipinski definition) is 1. The second-order valence-corrected chi connectivity index (χ2v) is 2.29. The van der Waals surface area contributed by atoms with Gasteiger partial charge >= 0.3 is 0 Å². The molecule has 0 saturated heterocycles. The molecule has 1 heteroatoms. The van der Waals surface area contributed by atoms with Crippen molar-refractivity contribution in [2.24, 2.45) is 5.92 Å². The van der Waals surface area contributed by atoms with Gasteiger partial charge in [0.1, 0.15) is 6.29 Å². The maximum Gasteiger partial charge on any atom is 0.127 e. The molecule has 44 valence electrons. The van der Waals surface area contributed by atoms with E-state index in [4.69, 9.17) is 0 Å². The zero-order valence-electron chi connectivity index (χ0n) is 4.89. The molecule has 0 spiro atoms. The van der Waals surface area contributed by atoms with Gasteiger partial charge in [-0.25, -0.2) is 0 Å². The topological polar surface area (TPSA) is 17.1 Å². The van der Waals surface area contributed by atoms with Crippen molar-refractivity contribution in [1.29, 1.82) is 0 Å². The van der Waals surface area contributed by atoms with Crippen LogP contribution in [0.25, 0.3) is 0 Å². The fourth-order valence-electron chi connectivity index (χ4n) is 1.10. The van der Waals surface area contributed by atoms with Gasteiger partial charge in [-0.15, -0.1) is 0 Å². The zero-order chi connectivity index (χ0) is 5.98. The van der Waals surface area contributed by atoms with Crippen LogP contribution in [0, 0.1) is 5.92 Å². The largest absolute Gasteiger partial charge is 0.303 e. The van der Waals surface area contributed by atoms with E-state index >= 15 is 0 Å². The molecule has 0 heterocycles. The van der Waals surface area contributed by atoms with E-state index in [0.717, 1.165) is 31.1 Å². The summed E-state index contributed by atoms with van der Waals surface area (Å²) in [5, 5.41) is 0. The lowest BCUT2D eigenvalue weighted by molar-refractivity contribution is -0.110. The van der Waals surface area contributed by atoms with E-state index in [0.29, 0.717) is 0 Å². The van der Waals surface area contributed by atoms with E-state index in [-0.39, 0.29) is 5.92 Å². The standard InChI is InChI=1S/C7H10O/c1-6-3-2-4-7(6)5-8/h5,7H,1-4H2/t7-/m1/s1. The predicted molar refractivity (Wildman–Crippen MR) is 32.5 cm³/mol. The third kappa shape index (κ3) is 0.808. The van der Waals surface area contributed by atoms with Crippen molar-refractivity contribution in [2.75, 3.05) is 0 Å². The minimum atomic E-state index is 0.190. The molecule has 1 rings (SSSR count). The number of carbonyl (C=O) groups excluding carboxylic acids is 1. The Balaban J connectivity index is 2.54. The summed E-state index contributed by atoms with van der Waals surface area (Å²) in [5.41, 5.74) is 1.13. The van der Waals surface area contributed by atoms with Crippen molar-refractivity contribution in [3.8, 4) is 0 Å². The lowest BCUT2D eigenvalue weighted by atomic mass is 10.1. The predicted octanol–water partition coefficient (Wildman–Crippen LogP) is 1.54. The molecule has 1 atom stereocenters. The third-order valence-corrected chi connectivity index (χ3v) is 1.70. The first-order valence-corrected chi connectivity index (χ1v) is 2.97. The summed E-state index contributed by atoms with van der Waals surface area (Å²) in [5.74, 6) is 0.190. The zero-order valence-corrected chi connectivity index (χ0v) is 4.89. The van der Waals surface area contributed by atoms with Crippen molar-refractivity contribution in [1.82, 2.24) is 0 Å². The third-order valence-electron chi connectivity index (χ3n) is 1.70. The van der Waals surface area contributed by atoms with Crippen LogP contribution >= 0.6 is 0 Å². The average Bonchev–Trinajstić information content (AvgIpc) is 2.14. The highest BCUT2D eigenvalue weighted by atomic mass is 16.1. The van der Waals surface area contributed by atoms with E-state index in [2.05, 4.69) is 6.58 Å². The summed E-state index contributed by atoms with van der Waals surface area (Å²) >= 11 is 0. The quantitative estimate of drug-likeness (QED) is 0.369.